The lowest BCUT2D eigenvalue weighted by atomic mass is 9.45. The molecule has 4 bridgehead atoms. The Kier molecular flexibility index (Phi) is 17.2. The van der Waals surface area contributed by atoms with Gasteiger partial charge in [-0.05, 0) is 76.2 Å². The molecule has 1 saturated heterocycles. The first-order valence-corrected chi connectivity index (χ1v) is 26.5. The number of fused-ring (bicyclic) bond motifs is 5. The molecule has 3 fully saturated rings. The number of aromatic nitrogens is 2. The van der Waals surface area contributed by atoms with Crippen molar-refractivity contribution in [2.75, 3.05) is 34.5 Å². The van der Waals surface area contributed by atoms with Gasteiger partial charge in [0.15, 0.2) is 41.5 Å². The van der Waals surface area contributed by atoms with E-state index in [4.69, 9.17) is 61.6 Å². The van der Waals surface area contributed by atoms with Crippen molar-refractivity contribution in [3.8, 4) is 17.2 Å². The number of aliphatic hydroxyl groups is 1. The quantitative estimate of drug-likeness (QED) is 0.125. The smallest absolute Gasteiger partial charge is 0.350 e. The zero-order valence-corrected chi connectivity index (χ0v) is 48.0. The van der Waals surface area contributed by atoms with Crippen LogP contribution in [0.4, 0.5) is 0 Å². The summed E-state index contributed by atoms with van der Waals surface area (Å²) in [6.45, 7) is 8.15. The Morgan fingerprint density at radius 1 is 0.690 bits per heavy atom. The molecule has 2 saturated carbocycles. The lowest BCUT2D eigenvalue weighted by Gasteiger charge is -2.67. The van der Waals surface area contributed by atoms with Crippen LogP contribution < -0.4 is 14.2 Å². The minimum atomic E-state index is -3.12. The van der Waals surface area contributed by atoms with Gasteiger partial charge in [0.25, 0.3) is 0 Å². The van der Waals surface area contributed by atoms with Gasteiger partial charge in [-0.1, -0.05) is 32.0 Å². The average molecular weight is 1170 g/mol. The molecular formula is C59H64N2O23. The minimum absolute atomic E-state index is 0.0326. The molecule has 448 valence electrons. The van der Waals surface area contributed by atoms with E-state index < -0.39 is 149 Å². The number of esters is 9. The molecule has 1 N–H and O–H groups in total. The SMILES string of the molecule is COc1cc(C(=O)O[C@@H]2[C@@H]3[C@@H](OC(C)=O)[C@@]45O[C@@]3(C)COC(=O)c3cccnc3[C@@H](C)[C@H](C)C(=O)OC([C@H](OC(C)=O)[C@H](OC(=O)c3ccccc3)[C@@]4(COC(=O)c3cccnc3)[C@@H]2OC(=O)C(C)(C)OC(C)=O)[C@]5(C)O)cc(OC)c1OC. The highest BCUT2D eigenvalue weighted by atomic mass is 16.7. The Morgan fingerprint density at radius 3 is 1.90 bits per heavy atom. The van der Waals surface area contributed by atoms with Gasteiger partial charge >= 0.3 is 53.7 Å². The molecule has 84 heavy (non-hydrogen) atoms. The zero-order valence-electron chi connectivity index (χ0n) is 48.0. The molecule has 2 aliphatic heterocycles. The first-order chi connectivity index (χ1) is 39.6. The van der Waals surface area contributed by atoms with Crippen LogP contribution in [0.1, 0.15) is 115 Å². The molecule has 4 aliphatic rings. The van der Waals surface area contributed by atoms with Gasteiger partial charge in [0.05, 0.1) is 61.1 Å². The molecule has 2 aliphatic carbocycles. The molecule has 2 aromatic carbocycles. The van der Waals surface area contributed by atoms with E-state index >= 15 is 19.2 Å². The van der Waals surface area contributed by atoms with Gasteiger partial charge in [-0.25, -0.2) is 24.0 Å². The monoisotopic (exact) mass is 1170 g/mol. The van der Waals surface area contributed by atoms with E-state index in [0.29, 0.717) is 0 Å². The lowest BCUT2D eigenvalue weighted by Crippen LogP contribution is -2.89. The fourth-order valence-corrected chi connectivity index (χ4v) is 12.0. The first kappa shape index (κ1) is 61.4. The van der Waals surface area contributed by atoms with Gasteiger partial charge in [0, 0.05) is 45.3 Å². The summed E-state index contributed by atoms with van der Waals surface area (Å²) >= 11 is 0. The molecule has 25 nitrogen and oxygen atoms in total. The standard InChI is InChI=1S/C59H64N2O23/c1-29-30(2)49(65)80-46-44(77-31(3)62)48(81-51(67)34-18-14-13-15-19-34)58(28-76-50(66)35-20-16-22-60-26-35)47(82-54(70)55(6,7)83-33(5)64)43(79-52(68)36-24-38(72-10)42(74-12)39(25-36)73-11)40-45(78-32(4)63)59(58,57(46,9)71)84-56(40,8)27-75-53(69)37-21-17-23-61-41(29)37/h13-26,29-30,40,43-48,71H,27-28H2,1-12H3/t29-,30-,40+,43+,44-,45+,46?,47+,48-,56-,57-,58+,59-/m0/s1. The molecule has 0 amide bonds. The van der Waals surface area contributed by atoms with Crippen LogP contribution in [0.25, 0.3) is 0 Å². The highest BCUT2D eigenvalue weighted by Crippen LogP contribution is 2.70. The van der Waals surface area contributed by atoms with Gasteiger partial charge in [0.1, 0.15) is 42.0 Å². The van der Waals surface area contributed by atoms with Crippen LogP contribution in [-0.4, -0.2) is 162 Å². The summed E-state index contributed by atoms with van der Waals surface area (Å²) in [4.78, 5) is 140. The number of carbonyl (C=O) groups is 9. The summed E-state index contributed by atoms with van der Waals surface area (Å²) in [5.74, 6) is -15.0. The maximum absolute atomic E-state index is 15.5. The second-order valence-electron chi connectivity index (χ2n) is 21.6. The summed E-state index contributed by atoms with van der Waals surface area (Å²) in [6, 6.07) is 15.1. The van der Waals surface area contributed by atoms with Gasteiger partial charge in [-0.3, -0.25) is 29.1 Å². The van der Waals surface area contributed by atoms with Crippen molar-refractivity contribution >= 4 is 53.7 Å². The minimum Gasteiger partial charge on any atom is -0.493 e. The maximum Gasteiger partial charge on any atom is 0.350 e. The van der Waals surface area contributed by atoms with Crippen LogP contribution in [0.15, 0.2) is 85.3 Å². The summed E-state index contributed by atoms with van der Waals surface area (Å²) in [6.07, 6.45) is -10.3. The van der Waals surface area contributed by atoms with Crippen LogP contribution in [0, 0.1) is 17.3 Å². The third-order valence-electron chi connectivity index (χ3n) is 15.9. The second-order valence-corrected chi connectivity index (χ2v) is 21.6. The zero-order chi connectivity index (χ0) is 61.4. The van der Waals surface area contributed by atoms with Crippen LogP contribution in [-0.2, 0) is 71.3 Å². The Hall–Kier alpha value is -8.71. The first-order valence-electron chi connectivity index (χ1n) is 26.5. The number of hydrogen-bond donors (Lipinski definition) is 1. The van der Waals surface area contributed by atoms with E-state index in [2.05, 4.69) is 9.97 Å². The largest absolute Gasteiger partial charge is 0.493 e. The topological polar surface area (TPSA) is 320 Å². The number of hydrogen-bond acceptors (Lipinski definition) is 25. The number of nitrogens with zero attached hydrogens (tertiary/aromatic N) is 2. The number of benzene rings is 2. The molecule has 4 heterocycles. The Balaban J connectivity index is 1.57. The molecule has 2 aromatic heterocycles. The highest BCUT2D eigenvalue weighted by Gasteiger charge is 2.92. The number of pyridine rings is 2. The molecule has 8 rings (SSSR count). The number of methoxy groups -OCH3 is 3. The van der Waals surface area contributed by atoms with Crippen molar-refractivity contribution in [2.45, 2.75) is 127 Å². The lowest BCUT2D eigenvalue weighted by molar-refractivity contribution is -0.385. The molecule has 0 radical (unpaired) electrons. The summed E-state index contributed by atoms with van der Waals surface area (Å²) in [5, 5.41) is 14.3. The summed E-state index contributed by atoms with van der Waals surface area (Å²) in [7, 11) is 3.84. The average Bonchev–Trinajstić information content (AvgIpc) is 1.35. The van der Waals surface area contributed by atoms with Gasteiger partial charge in [0.2, 0.25) is 11.4 Å². The summed E-state index contributed by atoms with van der Waals surface area (Å²) < 4.78 is 80.9. The van der Waals surface area contributed by atoms with Crippen molar-refractivity contribution in [3.05, 3.63) is 113 Å². The molecular weight excluding hydrogens is 1100 g/mol. The van der Waals surface area contributed by atoms with Crippen LogP contribution in [0.5, 0.6) is 17.2 Å². The Morgan fingerprint density at radius 2 is 1.31 bits per heavy atom. The molecule has 13 atom stereocenters. The fourth-order valence-electron chi connectivity index (χ4n) is 12.0. The van der Waals surface area contributed by atoms with E-state index in [1.165, 1.54) is 108 Å². The summed E-state index contributed by atoms with van der Waals surface area (Å²) in [5.41, 5.74) is -14.9. The number of carbonyl (C=O) groups excluding carboxylic acids is 9. The third-order valence-corrected chi connectivity index (χ3v) is 15.9. The Bertz CT molecular complexity index is 3220. The molecule has 1 unspecified atom stereocenters. The normalized spacial score (nSPS) is 29.6. The molecule has 1 spiro atoms. The maximum atomic E-state index is 15.5. The van der Waals surface area contributed by atoms with E-state index in [1.54, 1.807) is 13.0 Å². The van der Waals surface area contributed by atoms with Crippen molar-refractivity contribution in [1.82, 2.24) is 9.97 Å². The molecule has 4 aromatic rings. The Labute approximate surface area is 481 Å². The van der Waals surface area contributed by atoms with Gasteiger partial charge < -0.3 is 66.7 Å². The van der Waals surface area contributed by atoms with Gasteiger partial charge in [-0.2, -0.15) is 0 Å². The van der Waals surface area contributed by atoms with E-state index in [9.17, 15) is 29.1 Å². The molecule has 25 heteroatoms. The van der Waals surface area contributed by atoms with Gasteiger partial charge in [-0.15, -0.1) is 0 Å². The number of ether oxygens (including phenoxy) is 13. The van der Waals surface area contributed by atoms with Crippen molar-refractivity contribution in [2.24, 2.45) is 17.3 Å². The predicted octanol–water partition coefficient (Wildman–Crippen LogP) is 4.66. The van der Waals surface area contributed by atoms with E-state index in [0.717, 1.165) is 47.7 Å². The van der Waals surface area contributed by atoms with E-state index in [1.807, 2.05) is 0 Å². The third kappa shape index (κ3) is 10.7. The van der Waals surface area contributed by atoms with Crippen LogP contribution in [0.2, 0.25) is 0 Å². The van der Waals surface area contributed by atoms with Crippen molar-refractivity contribution in [1.29, 1.82) is 0 Å². The van der Waals surface area contributed by atoms with Crippen LogP contribution >= 0.6 is 0 Å². The predicted molar refractivity (Wildman–Crippen MR) is 283 cm³/mol. The highest BCUT2D eigenvalue weighted by molar-refractivity contribution is 5.93. The van der Waals surface area contributed by atoms with Crippen LogP contribution in [0.3, 0.4) is 0 Å². The number of cyclic esters (lactones) is 1. The van der Waals surface area contributed by atoms with Crippen molar-refractivity contribution < 1.29 is 110 Å². The second kappa shape index (κ2) is 23.5. The van der Waals surface area contributed by atoms with E-state index in [-0.39, 0.29) is 45.2 Å². The van der Waals surface area contributed by atoms with Crippen molar-refractivity contribution in [3.63, 3.8) is 0 Å². The number of rotatable bonds is 15. The fraction of sp³-hybridized carbons (Fsp3) is 0.475.